The Kier molecular flexibility index (Phi) is 5.93. The molecule has 1 unspecified atom stereocenters. The van der Waals surface area contributed by atoms with Crippen molar-refractivity contribution in [2.24, 2.45) is 0 Å². The molecule has 1 fully saturated rings. The van der Waals surface area contributed by atoms with Crippen molar-refractivity contribution >= 4 is 16.0 Å². The summed E-state index contributed by atoms with van der Waals surface area (Å²) in [6, 6.07) is 0. The van der Waals surface area contributed by atoms with E-state index in [0.717, 1.165) is 0 Å². The lowest BCUT2D eigenvalue weighted by molar-refractivity contribution is -0.140. The first-order chi connectivity index (χ1) is 9.20. The number of esters is 1. The second-order valence-corrected chi connectivity index (χ2v) is 7.56. The van der Waals surface area contributed by atoms with Gasteiger partial charge < -0.3 is 14.6 Å². The van der Waals surface area contributed by atoms with Gasteiger partial charge in [-0.1, -0.05) is 0 Å². The second kappa shape index (κ2) is 6.84. The van der Waals surface area contributed by atoms with Crippen molar-refractivity contribution in [1.29, 1.82) is 0 Å². The Morgan fingerprint density at radius 3 is 2.70 bits per heavy atom. The van der Waals surface area contributed by atoms with E-state index >= 15 is 0 Å². The van der Waals surface area contributed by atoms with E-state index in [2.05, 4.69) is 4.74 Å². The van der Waals surface area contributed by atoms with Crippen LogP contribution in [-0.2, 0) is 24.3 Å². The van der Waals surface area contributed by atoms with E-state index in [4.69, 9.17) is 4.74 Å². The molecule has 118 valence electrons. The van der Waals surface area contributed by atoms with Gasteiger partial charge in [-0.15, -0.1) is 0 Å². The lowest BCUT2D eigenvalue weighted by atomic mass is 10.1. The van der Waals surface area contributed by atoms with Crippen molar-refractivity contribution in [1.82, 2.24) is 4.31 Å². The lowest BCUT2D eigenvalue weighted by Crippen LogP contribution is -2.55. The van der Waals surface area contributed by atoms with Gasteiger partial charge in [0.05, 0.1) is 31.2 Å². The van der Waals surface area contributed by atoms with Gasteiger partial charge in [-0.05, 0) is 20.3 Å². The SMILES string of the molecule is COC(=O)CCCS(=O)(=O)N1CC(CO)OC(C)(C)C1. The van der Waals surface area contributed by atoms with Crippen LogP contribution >= 0.6 is 0 Å². The van der Waals surface area contributed by atoms with E-state index in [-0.39, 0.29) is 38.3 Å². The fourth-order valence-corrected chi connectivity index (χ4v) is 3.85. The summed E-state index contributed by atoms with van der Waals surface area (Å²) in [7, 11) is -2.20. The van der Waals surface area contributed by atoms with Gasteiger partial charge in [0.1, 0.15) is 0 Å². The van der Waals surface area contributed by atoms with E-state index in [1.807, 2.05) is 0 Å². The van der Waals surface area contributed by atoms with E-state index < -0.39 is 27.7 Å². The number of rotatable bonds is 6. The lowest BCUT2D eigenvalue weighted by Gasteiger charge is -2.41. The molecule has 7 nitrogen and oxygen atoms in total. The van der Waals surface area contributed by atoms with Gasteiger partial charge in [0.15, 0.2) is 0 Å². The standard InChI is InChI=1S/C12H23NO6S/c1-12(2)9-13(7-10(8-14)19-12)20(16,17)6-4-5-11(15)18-3/h10,14H,4-9H2,1-3H3. The van der Waals surface area contributed by atoms with Crippen LogP contribution in [0.25, 0.3) is 0 Å². The molecular weight excluding hydrogens is 286 g/mol. The van der Waals surface area contributed by atoms with Crippen molar-refractivity contribution < 1.29 is 27.8 Å². The van der Waals surface area contributed by atoms with Gasteiger partial charge in [-0.2, -0.15) is 4.31 Å². The van der Waals surface area contributed by atoms with Crippen molar-refractivity contribution in [3.63, 3.8) is 0 Å². The minimum Gasteiger partial charge on any atom is -0.469 e. The molecule has 0 radical (unpaired) electrons. The van der Waals surface area contributed by atoms with Gasteiger partial charge in [0.25, 0.3) is 0 Å². The summed E-state index contributed by atoms with van der Waals surface area (Å²) in [5.74, 6) is -0.535. The maximum absolute atomic E-state index is 12.2. The van der Waals surface area contributed by atoms with Crippen LogP contribution in [0.3, 0.4) is 0 Å². The zero-order valence-electron chi connectivity index (χ0n) is 12.2. The normalized spacial score (nSPS) is 23.5. The maximum Gasteiger partial charge on any atom is 0.305 e. The number of ether oxygens (including phenoxy) is 2. The molecule has 0 spiro atoms. The Hall–Kier alpha value is -0.700. The summed E-state index contributed by atoms with van der Waals surface area (Å²) >= 11 is 0. The zero-order valence-corrected chi connectivity index (χ0v) is 13.0. The quantitative estimate of drug-likeness (QED) is 0.680. The molecule has 0 aromatic heterocycles. The van der Waals surface area contributed by atoms with Gasteiger partial charge >= 0.3 is 5.97 Å². The maximum atomic E-state index is 12.2. The van der Waals surface area contributed by atoms with Gasteiger partial charge in [0.2, 0.25) is 10.0 Å². The minimum absolute atomic E-state index is 0.0763. The Balaban J connectivity index is 2.64. The number of hydrogen-bond donors (Lipinski definition) is 1. The van der Waals surface area contributed by atoms with Crippen molar-refractivity contribution in [3.8, 4) is 0 Å². The molecular formula is C12H23NO6S. The number of carbonyl (C=O) groups is 1. The fourth-order valence-electron chi connectivity index (χ4n) is 2.18. The third-order valence-electron chi connectivity index (χ3n) is 3.06. The predicted molar refractivity (Wildman–Crippen MR) is 72.6 cm³/mol. The molecule has 1 aliphatic heterocycles. The Labute approximate surface area is 119 Å². The third kappa shape index (κ3) is 5.01. The number of carbonyl (C=O) groups excluding carboxylic acids is 1. The average molecular weight is 309 g/mol. The van der Waals surface area contributed by atoms with Crippen LogP contribution < -0.4 is 0 Å². The summed E-state index contributed by atoms with van der Waals surface area (Å²) in [6.45, 7) is 3.72. The summed E-state index contributed by atoms with van der Waals surface area (Å²) in [5, 5.41) is 9.18. The van der Waals surface area contributed by atoms with Crippen LogP contribution in [0.4, 0.5) is 0 Å². The molecule has 1 rings (SSSR count). The highest BCUT2D eigenvalue weighted by Crippen LogP contribution is 2.23. The van der Waals surface area contributed by atoms with Crippen LogP contribution in [0.5, 0.6) is 0 Å². The number of morpholine rings is 1. The number of methoxy groups -OCH3 is 1. The first-order valence-electron chi connectivity index (χ1n) is 6.53. The Morgan fingerprint density at radius 2 is 2.15 bits per heavy atom. The number of sulfonamides is 1. The molecule has 8 heteroatoms. The van der Waals surface area contributed by atoms with E-state index in [9.17, 15) is 18.3 Å². The molecule has 1 aliphatic rings. The molecule has 0 aliphatic carbocycles. The molecule has 1 atom stereocenters. The molecule has 1 heterocycles. The van der Waals surface area contributed by atoms with Crippen molar-refractivity contribution in [2.45, 2.75) is 38.4 Å². The minimum atomic E-state index is -3.47. The Morgan fingerprint density at radius 1 is 1.50 bits per heavy atom. The summed E-state index contributed by atoms with van der Waals surface area (Å²) in [6.07, 6.45) is -0.224. The third-order valence-corrected chi connectivity index (χ3v) is 4.93. The highest BCUT2D eigenvalue weighted by Gasteiger charge is 2.38. The highest BCUT2D eigenvalue weighted by atomic mass is 32.2. The molecule has 0 amide bonds. The molecule has 20 heavy (non-hydrogen) atoms. The van der Waals surface area contributed by atoms with Gasteiger partial charge in [-0.3, -0.25) is 4.79 Å². The van der Waals surface area contributed by atoms with Crippen molar-refractivity contribution in [2.75, 3.05) is 32.6 Å². The number of aliphatic hydroxyl groups is 1. The first kappa shape index (κ1) is 17.4. The van der Waals surface area contributed by atoms with Crippen LogP contribution in [0.1, 0.15) is 26.7 Å². The average Bonchev–Trinajstić information content (AvgIpc) is 2.36. The molecule has 1 N–H and O–H groups in total. The van der Waals surface area contributed by atoms with Crippen LogP contribution in [0.15, 0.2) is 0 Å². The fraction of sp³-hybridized carbons (Fsp3) is 0.917. The van der Waals surface area contributed by atoms with Crippen LogP contribution in [0, 0.1) is 0 Å². The van der Waals surface area contributed by atoms with Crippen molar-refractivity contribution in [3.05, 3.63) is 0 Å². The molecule has 1 saturated heterocycles. The number of nitrogens with zero attached hydrogens (tertiary/aromatic N) is 1. The summed E-state index contributed by atoms with van der Waals surface area (Å²) in [4.78, 5) is 11.0. The summed E-state index contributed by atoms with van der Waals surface area (Å²) < 4.78 is 35.9. The zero-order chi connectivity index (χ0) is 15.4. The Bertz CT molecular complexity index is 433. The molecule has 0 aromatic rings. The van der Waals surface area contributed by atoms with E-state index in [1.54, 1.807) is 13.8 Å². The van der Waals surface area contributed by atoms with E-state index in [0.29, 0.717) is 0 Å². The second-order valence-electron chi connectivity index (χ2n) is 5.47. The van der Waals surface area contributed by atoms with Crippen LogP contribution in [0.2, 0.25) is 0 Å². The monoisotopic (exact) mass is 309 g/mol. The highest BCUT2D eigenvalue weighted by molar-refractivity contribution is 7.89. The molecule has 0 bridgehead atoms. The van der Waals surface area contributed by atoms with Crippen LogP contribution in [-0.4, -0.2) is 68.1 Å². The molecule has 0 aromatic carbocycles. The predicted octanol–water partition coefficient (Wildman–Crippen LogP) is -0.259. The van der Waals surface area contributed by atoms with E-state index in [1.165, 1.54) is 11.4 Å². The summed E-state index contributed by atoms with van der Waals surface area (Å²) in [5.41, 5.74) is -0.638. The van der Waals surface area contributed by atoms with Gasteiger partial charge in [0, 0.05) is 19.5 Å². The van der Waals surface area contributed by atoms with Gasteiger partial charge in [-0.25, -0.2) is 8.42 Å². The number of hydrogen-bond acceptors (Lipinski definition) is 6. The molecule has 0 saturated carbocycles. The first-order valence-corrected chi connectivity index (χ1v) is 8.14. The topological polar surface area (TPSA) is 93.1 Å². The largest absolute Gasteiger partial charge is 0.469 e. The smallest absolute Gasteiger partial charge is 0.305 e. The number of aliphatic hydroxyl groups excluding tert-OH is 1.